The van der Waals surface area contributed by atoms with E-state index in [1.807, 2.05) is 0 Å². The van der Waals surface area contributed by atoms with Crippen LogP contribution in [0.5, 0.6) is 0 Å². The first-order valence-corrected chi connectivity index (χ1v) is 6.02. The number of piperidine rings is 1. The molecule has 3 nitrogen and oxygen atoms in total. The lowest BCUT2D eigenvalue weighted by atomic mass is 10.0. The summed E-state index contributed by atoms with van der Waals surface area (Å²) in [6.07, 6.45) is 5.01. The van der Waals surface area contributed by atoms with E-state index in [2.05, 4.69) is 17.1 Å². The van der Waals surface area contributed by atoms with Crippen molar-refractivity contribution in [2.24, 2.45) is 5.73 Å². The molecular weight excluding hydrogens is 174 g/mol. The SMILES string of the molecule is CCCN1CCC(NCCCN)CC1. The van der Waals surface area contributed by atoms with Crippen molar-refractivity contribution in [2.45, 2.75) is 38.6 Å². The van der Waals surface area contributed by atoms with Crippen molar-refractivity contribution < 1.29 is 0 Å². The standard InChI is InChI=1S/C11H25N3/c1-2-8-14-9-4-11(5-10-14)13-7-3-6-12/h11,13H,2-10,12H2,1H3. The molecular formula is C11H25N3. The van der Waals surface area contributed by atoms with E-state index in [9.17, 15) is 0 Å². The molecule has 1 aliphatic rings. The number of hydrogen-bond acceptors (Lipinski definition) is 3. The molecule has 14 heavy (non-hydrogen) atoms. The fraction of sp³-hybridized carbons (Fsp3) is 1.00. The van der Waals surface area contributed by atoms with Crippen molar-refractivity contribution in [3.05, 3.63) is 0 Å². The van der Waals surface area contributed by atoms with E-state index in [1.165, 1.54) is 38.9 Å². The average molecular weight is 199 g/mol. The van der Waals surface area contributed by atoms with Gasteiger partial charge in [-0.15, -0.1) is 0 Å². The molecule has 0 amide bonds. The number of nitrogens with zero attached hydrogens (tertiary/aromatic N) is 1. The zero-order chi connectivity index (χ0) is 10.2. The predicted octanol–water partition coefficient (Wildman–Crippen LogP) is 0.799. The molecule has 3 N–H and O–H groups in total. The molecule has 0 atom stereocenters. The number of nitrogens with one attached hydrogen (secondary N) is 1. The second-order valence-electron chi connectivity index (χ2n) is 4.21. The molecule has 0 aromatic carbocycles. The van der Waals surface area contributed by atoms with E-state index in [0.29, 0.717) is 0 Å². The molecule has 0 unspecified atom stereocenters. The van der Waals surface area contributed by atoms with Gasteiger partial charge in [-0.2, -0.15) is 0 Å². The summed E-state index contributed by atoms with van der Waals surface area (Å²) in [6.45, 7) is 7.97. The fourth-order valence-corrected chi connectivity index (χ4v) is 2.09. The Morgan fingerprint density at radius 1 is 1.36 bits per heavy atom. The van der Waals surface area contributed by atoms with Gasteiger partial charge < -0.3 is 16.0 Å². The van der Waals surface area contributed by atoms with Crippen molar-refractivity contribution in [1.29, 1.82) is 0 Å². The third-order valence-corrected chi connectivity index (χ3v) is 2.94. The molecule has 1 saturated heterocycles. The molecule has 1 rings (SSSR count). The second-order valence-corrected chi connectivity index (χ2v) is 4.21. The van der Waals surface area contributed by atoms with E-state index in [4.69, 9.17) is 5.73 Å². The van der Waals surface area contributed by atoms with E-state index >= 15 is 0 Å². The van der Waals surface area contributed by atoms with Gasteiger partial charge >= 0.3 is 0 Å². The van der Waals surface area contributed by atoms with Crippen LogP contribution in [0.15, 0.2) is 0 Å². The lowest BCUT2D eigenvalue weighted by Gasteiger charge is -2.32. The normalized spacial score (nSPS) is 20.1. The molecule has 0 radical (unpaired) electrons. The van der Waals surface area contributed by atoms with Gasteiger partial charge in [0, 0.05) is 6.04 Å². The zero-order valence-electron chi connectivity index (χ0n) is 9.47. The molecule has 1 heterocycles. The summed E-state index contributed by atoms with van der Waals surface area (Å²) in [6, 6.07) is 0.745. The van der Waals surface area contributed by atoms with Crippen LogP contribution >= 0.6 is 0 Å². The number of likely N-dealkylation sites (tertiary alicyclic amines) is 1. The molecule has 0 bridgehead atoms. The first-order valence-electron chi connectivity index (χ1n) is 6.02. The summed E-state index contributed by atoms with van der Waals surface area (Å²) in [4.78, 5) is 2.57. The van der Waals surface area contributed by atoms with Crippen LogP contribution in [0, 0.1) is 0 Å². The lowest BCUT2D eigenvalue weighted by Crippen LogP contribution is -2.43. The fourth-order valence-electron chi connectivity index (χ4n) is 2.09. The van der Waals surface area contributed by atoms with Gasteiger partial charge in [0.1, 0.15) is 0 Å². The summed E-state index contributed by atoms with van der Waals surface area (Å²) in [7, 11) is 0. The van der Waals surface area contributed by atoms with Crippen LogP contribution in [0.1, 0.15) is 32.6 Å². The molecule has 1 aliphatic heterocycles. The summed E-state index contributed by atoms with van der Waals surface area (Å²) >= 11 is 0. The second kappa shape index (κ2) is 7.21. The van der Waals surface area contributed by atoms with Crippen LogP contribution < -0.4 is 11.1 Å². The molecule has 0 saturated carbocycles. The smallest absolute Gasteiger partial charge is 0.00914 e. The number of nitrogens with two attached hydrogens (primary N) is 1. The van der Waals surface area contributed by atoms with Crippen molar-refractivity contribution in [2.75, 3.05) is 32.7 Å². The highest BCUT2D eigenvalue weighted by Crippen LogP contribution is 2.10. The van der Waals surface area contributed by atoms with Gasteiger partial charge in [0.2, 0.25) is 0 Å². The largest absolute Gasteiger partial charge is 0.330 e. The molecule has 0 aromatic heterocycles. The molecule has 3 heteroatoms. The van der Waals surface area contributed by atoms with E-state index in [1.54, 1.807) is 0 Å². The van der Waals surface area contributed by atoms with Gasteiger partial charge in [0.25, 0.3) is 0 Å². The van der Waals surface area contributed by atoms with Gasteiger partial charge in [0.15, 0.2) is 0 Å². The molecule has 0 aromatic rings. The molecule has 84 valence electrons. The highest BCUT2D eigenvalue weighted by atomic mass is 15.1. The third kappa shape index (κ3) is 4.40. The van der Waals surface area contributed by atoms with Crippen LogP contribution in [0.3, 0.4) is 0 Å². The van der Waals surface area contributed by atoms with Crippen LogP contribution in [0.2, 0.25) is 0 Å². The summed E-state index contributed by atoms with van der Waals surface area (Å²) in [5.41, 5.74) is 5.46. The maximum atomic E-state index is 5.46. The van der Waals surface area contributed by atoms with Gasteiger partial charge in [-0.3, -0.25) is 0 Å². The maximum Gasteiger partial charge on any atom is 0.00914 e. The van der Waals surface area contributed by atoms with Crippen LogP contribution in [0.4, 0.5) is 0 Å². The highest BCUT2D eigenvalue weighted by Gasteiger charge is 2.17. The minimum absolute atomic E-state index is 0.745. The van der Waals surface area contributed by atoms with Gasteiger partial charge in [-0.1, -0.05) is 6.92 Å². The van der Waals surface area contributed by atoms with Gasteiger partial charge in [-0.05, 0) is 58.4 Å². The summed E-state index contributed by atoms with van der Waals surface area (Å²) in [5.74, 6) is 0. The monoisotopic (exact) mass is 199 g/mol. The number of hydrogen-bond donors (Lipinski definition) is 2. The van der Waals surface area contributed by atoms with E-state index < -0.39 is 0 Å². The first-order chi connectivity index (χ1) is 6.86. The Balaban J connectivity index is 2.03. The van der Waals surface area contributed by atoms with Crippen molar-refractivity contribution in [1.82, 2.24) is 10.2 Å². The van der Waals surface area contributed by atoms with Crippen molar-refractivity contribution in [3.63, 3.8) is 0 Å². The summed E-state index contributed by atoms with van der Waals surface area (Å²) in [5, 5.41) is 3.58. The Kier molecular flexibility index (Phi) is 6.15. The van der Waals surface area contributed by atoms with Crippen LogP contribution in [0.25, 0.3) is 0 Å². The molecule has 1 fully saturated rings. The average Bonchev–Trinajstić information content (AvgIpc) is 2.21. The Hall–Kier alpha value is -0.120. The third-order valence-electron chi connectivity index (χ3n) is 2.94. The predicted molar refractivity (Wildman–Crippen MR) is 61.4 cm³/mol. The topological polar surface area (TPSA) is 41.3 Å². The minimum Gasteiger partial charge on any atom is -0.330 e. The van der Waals surface area contributed by atoms with Gasteiger partial charge in [-0.25, -0.2) is 0 Å². The Morgan fingerprint density at radius 2 is 2.07 bits per heavy atom. The quantitative estimate of drug-likeness (QED) is 0.622. The van der Waals surface area contributed by atoms with E-state index in [0.717, 1.165) is 25.6 Å². The lowest BCUT2D eigenvalue weighted by molar-refractivity contribution is 0.198. The first kappa shape index (κ1) is 12.0. The summed E-state index contributed by atoms with van der Waals surface area (Å²) < 4.78 is 0. The minimum atomic E-state index is 0.745. The Labute approximate surface area is 88.0 Å². The van der Waals surface area contributed by atoms with Gasteiger partial charge in [0.05, 0.1) is 0 Å². The van der Waals surface area contributed by atoms with Crippen molar-refractivity contribution in [3.8, 4) is 0 Å². The Morgan fingerprint density at radius 3 is 2.64 bits per heavy atom. The van der Waals surface area contributed by atoms with Crippen molar-refractivity contribution >= 4 is 0 Å². The highest BCUT2D eigenvalue weighted by molar-refractivity contribution is 4.76. The van der Waals surface area contributed by atoms with E-state index in [-0.39, 0.29) is 0 Å². The van der Waals surface area contributed by atoms with Crippen LogP contribution in [-0.2, 0) is 0 Å². The van der Waals surface area contributed by atoms with Crippen LogP contribution in [-0.4, -0.2) is 43.7 Å². The maximum absolute atomic E-state index is 5.46. The molecule has 0 aliphatic carbocycles. The number of rotatable bonds is 6. The molecule has 0 spiro atoms. The Bertz CT molecular complexity index is 130. The zero-order valence-corrected chi connectivity index (χ0v) is 9.47.